The first-order valence-electron chi connectivity index (χ1n) is 2.59. The summed E-state index contributed by atoms with van der Waals surface area (Å²) >= 11 is 3.35. The average Bonchev–Trinajstić information content (AvgIpc) is 1.90. The monoisotopic (exact) mass is 173 g/mol. The van der Waals surface area contributed by atoms with Gasteiger partial charge in [-0.2, -0.15) is 0 Å². The highest BCUT2D eigenvalue weighted by atomic mass is 79.9. The highest BCUT2D eigenvalue weighted by Crippen LogP contribution is 1.98. The van der Waals surface area contributed by atoms with Crippen molar-refractivity contribution in [1.82, 2.24) is 5.32 Å². The fourth-order valence-corrected chi connectivity index (χ4v) is 0.978. The Labute approximate surface area is 57.6 Å². The minimum absolute atomic E-state index is 0.928. The molecule has 0 atom stereocenters. The van der Waals surface area contributed by atoms with Crippen LogP contribution in [0.3, 0.4) is 0 Å². The minimum atomic E-state index is 0.928. The van der Waals surface area contributed by atoms with Crippen molar-refractivity contribution in [3.05, 3.63) is 23.9 Å². The molecule has 0 saturated heterocycles. The first kappa shape index (κ1) is 5.89. The fourth-order valence-electron chi connectivity index (χ4n) is 0.593. The van der Waals surface area contributed by atoms with Crippen LogP contribution in [0.25, 0.3) is 0 Å². The molecule has 8 heavy (non-hydrogen) atoms. The number of dihydropyridines is 1. The summed E-state index contributed by atoms with van der Waals surface area (Å²) in [4.78, 5) is 0. The molecule has 1 N–H and O–H groups in total. The molecule has 0 radical (unpaired) electrons. The molecule has 0 aromatic heterocycles. The number of alkyl halides is 1. The molecule has 1 aliphatic rings. The SMILES string of the molecule is BrCC1=CC=CCN1. The van der Waals surface area contributed by atoms with Crippen LogP contribution in [0.5, 0.6) is 0 Å². The van der Waals surface area contributed by atoms with Gasteiger partial charge in [-0.25, -0.2) is 0 Å². The number of halogens is 1. The number of allylic oxidation sites excluding steroid dienone is 3. The third-order valence-corrected chi connectivity index (χ3v) is 1.63. The van der Waals surface area contributed by atoms with E-state index in [-0.39, 0.29) is 0 Å². The van der Waals surface area contributed by atoms with Crippen molar-refractivity contribution in [1.29, 1.82) is 0 Å². The molecule has 44 valence electrons. The second-order valence-corrected chi connectivity index (χ2v) is 2.20. The molecule has 0 fully saturated rings. The highest BCUT2D eigenvalue weighted by Gasteiger charge is 1.91. The van der Waals surface area contributed by atoms with Crippen LogP contribution >= 0.6 is 15.9 Å². The van der Waals surface area contributed by atoms with E-state index in [1.54, 1.807) is 0 Å². The molecule has 1 nitrogen and oxygen atoms in total. The second-order valence-electron chi connectivity index (χ2n) is 1.63. The average molecular weight is 174 g/mol. The quantitative estimate of drug-likeness (QED) is 0.593. The van der Waals surface area contributed by atoms with E-state index in [9.17, 15) is 0 Å². The van der Waals surface area contributed by atoms with E-state index in [1.807, 2.05) is 0 Å². The van der Waals surface area contributed by atoms with Crippen LogP contribution in [0.15, 0.2) is 23.9 Å². The molecule has 1 aliphatic heterocycles. The minimum Gasteiger partial charge on any atom is -0.384 e. The molecule has 0 aromatic rings. The lowest BCUT2D eigenvalue weighted by atomic mass is 10.3. The first-order valence-corrected chi connectivity index (χ1v) is 3.71. The Hall–Kier alpha value is -0.240. The maximum atomic E-state index is 3.35. The number of nitrogens with one attached hydrogen (secondary N) is 1. The largest absolute Gasteiger partial charge is 0.384 e. The van der Waals surface area contributed by atoms with Crippen molar-refractivity contribution in [2.75, 3.05) is 11.9 Å². The molecular weight excluding hydrogens is 166 g/mol. The predicted molar refractivity (Wildman–Crippen MR) is 39.0 cm³/mol. The maximum Gasteiger partial charge on any atom is 0.0431 e. The molecule has 0 saturated carbocycles. The lowest BCUT2D eigenvalue weighted by Crippen LogP contribution is -2.15. The van der Waals surface area contributed by atoms with Gasteiger partial charge in [0.1, 0.15) is 0 Å². The molecule has 0 bridgehead atoms. The molecule has 0 amide bonds. The van der Waals surface area contributed by atoms with Gasteiger partial charge in [0, 0.05) is 17.6 Å². The van der Waals surface area contributed by atoms with Gasteiger partial charge in [-0.05, 0) is 6.08 Å². The van der Waals surface area contributed by atoms with Crippen molar-refractivity contribution < 1.29 is 0 Å². The van der Waals surface area contributed by atoms with Gasteiger partial charge in [-0.3, -0.25) is 0 Å². The smallest absolute Gasteiger partial charge is 0.0431 e. The third-order valence-electron chi connectivity index (χ3n) is 1.02. The Morgan fingerprint density at radius 3 is 3.00 bits per heavy atom. The van der Waals surface area contributed by atoms with E-state index in [0.29, 0.717) is 0 Å². The first-order chi connectivity index (χ1) is 3.93. The van der Waals surface area contributed by atoms with Gasteiger partial charge in [0.05, 0.1) is 0 Å². The van der Waals surface area contributed by atoms with E-state index >= 15 is 0 Å². The van der Waals surface area contributed by atoms with E-state index in [4.69, 9.17) is 0 Å². The predicted octanol–water partition coefficient (Wildman–Crippen LogP) is 1.42. The van der Waals surface area contributed by atoms with Gasteiger partial charge >= 0.3 is 0 Å². The van der Waals surface area contributed by atoms with E-state index in [2.05, 4.69) is 39.5 Å². The van der Waals surface area contributed by atoms with Crippen molar-refractivity contribution in [3.63, 3.8) is 0 Å². The molecule has 0 aromatic carbocycles. The van der Waals surface area contributed by atoms with E-state index < -0.39 is 0 Å². The summed E-state index contributed by atoms with van der Waals surface area (Å²) in [6.07, 6.45) is 6.22. The normalized spacial score (nSPS) is 17.4. The molecular formula is C6H8BrN. The summed E-state index contributed by atoms with van der Waals surface area (Å²) in [5, 5.41) is 4.12. The van der Waals surface area contributed by atoms with Crippen molar-refractivity contribution >= 4 is 15.9 Å². The lowest BCUT2D eigenvalue weighted by Gasteiger charge is -2.07. The fraction of sp³-hybridized carbons (Fsp3) is 0.333. The summed E-state index contributed by atoms with van der Waals surface area (Å²) in [5.74, 6) is 0. The van der Waals surface area contributed by atoms with Gasteiger partial charge in [0.2, 0.25) is 0 Å². The van der Waals surface area contributed by atoms with Crippen LogP contribution in [0.2, 0.25) is 0 Å². The zero-order chi connectivity index (χ0) is 5.82. The van der Waals surface area contributed by atoms with Crippen LogP contribution < -0.4 is 5.32 Å². The number of hydrogen-bond donors (Lipinski definition) is 1. The summed E-state index contributed by atoms with van der Waals surface area (Å²) in [5.41, 5.74) is 1.26. The summed E-state index contributed by atoms with van der Waals surface area (Å²) in [6, 6.07) is 0. The molecule has 1 heterocycles. The Bertz CT molecular complexity index is 126. The zero-order valence-electron chi connectivity index (χ0n) is 4.52. The van der Waals surface area contributed by atoms with Gasteiger partial charge in [-0.1, -0.05) is 28.1 Å². The van der Waals surface area contributed by atoms with E-state index in [0.717, 1.165) is 11.9 Å². The highest BCUT2D eigenvalue weighted by molar-refractivity contribution is 9.09. The molecule has 0 spiro atoms. The Balaban J connectivity index is 2.50. The lowest BCUT2D eigenvalue weighted by molar-refractivity contribution is 0.898. The topological polar surface area (TPSA) is 12.0 Å². The van der Waals surface area contributed by atoms with Crippen LogP contribution in [0, 0.1) is 0 Å². The second kappa shape index (κ2) is 2.92. The van der Waals surface area contributed by atoms with Gasteiger partial charge < -0.3 is 5.32 Å². The Kier molecular flexibility index (Phi) is 2.15. The van der Waals surface area contributed by atoms with Crippen LogP contribution in [0.1, 0.15) is 0 Å². The van der Waals surface area contributed by atoms with Crippen molar-refractivity contribution in [2.24, 2.45) is 0 Å². The Morgan fingerprint density at radius 2 is 2.62 bits per heavy atom. The van der Waals surface area contributed by atoms with Gasteiger partial charge in [0.15, 0.2) is 0 Å². The van der Waals surface area contributed by atoms with Crippen molar-refractivity contribution in [3.8, 4) is 0 Å². The maximum absolute atomic E-state index is 3.35. The Morgan fingerprint density at radius 1 is 1.75 bits per heavy atom. The van der Waals surface area contributed by atoms with E-state index in [1.165, 1.54) is 5.70 Å². The number of rotatable bonds is 1. The third kappa shape index (κ3) is 1.37. The van der Waals surface area contributed by atoms with Crippen molar-refractivity contribution in [2.45, 2.75) is 0 Å². The van der Waals surface area contributed by atoms with Crippen LogP contribution in [-0.2, 0) is 0 Å². The molecule has 0 unspecified atom stereocenters. The molecule has 1 rings (SSSR count). The van der Waals surface area contributed by atoms with Crippen LogP contribution in [-0.4, -0.2) is 11.9 Å². The molecule has 2 heteroatoms. The summed E-state index contributed by atoms with van der Waals surface area (Å²) < 4.78 is 0. The van der Waals surface area contributed by atoms with Crippen LogP contribution in [0.4, 0.5) is 0 Å². The molecule has 0 aliphatic carbocycles. The standard InChI is InChI=1S/C6H8BrN/c7-5-6-3-1-2-4-8-6/h1-3,8H,4-5H2. The summed E-state index contributed by atoms with van der Waals surface area (Å²) in [6.45, 7) is 0.970. The number of hydrogen-bond acceptors (Lipinski definition) is 1. The van der Waals surface area contributed by atoms with Gasteiger partial charge in [-0.15, -0.1) is 0 Å². The zero-order valence-corrected chi connectivity index (χ0v) is 6.11. The van der Waals surface area contributed by atoms with Gasteiger partial charge in [0.25, 0.3) is 0 Å². The summed E-state index contributed by atoms with van der Waals surface area (Å²) in [7, 11) is 0.